The number of benzene rings is 1. The van der Waals surface area contributed by atoms with Crippen LogP contribution in [0.2, 0.25) is 0 Å². The van der Waals surface area contributed by atoms with Crippen molar-refractivity contribution in [3.8, 4) is 0 Å². The number of carbonyl (C=O) groups is 2. The molecule has 2 amide bonds. The molecular formula is C19H28N2O3. The molecule has 0 aliphatic carbocycles. The molecule has 1 aliphatic heterocycles. The van der Waals surface area contributed by atoms with Gasteiger partial charge in [0.2, 0.25) is 5.91 Å². The molecule has 0 unspecified atom stereocenters. The Morgan fingerprint density at radius 2 is 2.00 bits per heavy atom. The van der Waals surface area contributed by atoms with Crippen LogP contribution in [0.1, 0.15) is 44.7 Å². The van der Waals surface area contributed by atoms with Crippen LogP contribution in [-0.2, 0) is 16.1 Å². The van der Waals surface area contributed by atoms with Crippen LogP contribution in [0.5, 0.6) is 0 Å². The molecule has 1 N–H and O–H groups in total. The zero-order valence-electron chi connectivity index (χ0n) is 15.1. The Bertz CT molecular complexity index is 593. The fraction of sp³-hybridized carbons (Fsp3) is 0.579. The second kappa shape index (κ2) is 7.69. The fourth-order valence-corrected chi connectivity index (χ4v) is 2.82. The lowest BCUT2D eigenvalue weighted by Crippen LogP contribution is -2.46. The molecule has 1 atom stereocenters. The van der Waals surface area contributed by atoms with Crippen LogP contribution in [-0.4, -0.2) is 35.6 Å². The van der Waals surface area contributed by atoms with Gasteiger partial charge in [0, 0.05) is 19.6 Å². The Morgan fingerprint density at radius 3 is 2.67 bits per heavy atom. The van der Waals surface area contributed by atoms with E-state index >= 15 is 0 Å². The Kier molecular flexibility index (Phi) is 5.86. The molecular weight excluding hydrogens is 304 g/mol. The van der Waals surface area contributed by atoms with Gasteiger partial charge in [-0.1, -0.05) is 24.3 Å². The zero-order valence-corrected chi connectivity index (χ0v) is 15.1. The molecule has 0 aromatic heterocycles. The van der Waals surface area contributed by atoms with Crippen LogP contribution >= 0.6 is 0 Å². The summed E-state index contributed by atoms with van der Waals surface area (Å²) in [5, 5.41) is 3.00. The molecule has 0 spiro atoms. The summed E-state index contributed by atoms with van der Waals surface area (Å²) in [5.74, 6) is -0.165. The standard InChI is InChI=1S/C19H28N2O3/c1-14-8-5-6-9-15(14)12-20-17(22)16-10-7-11-21(13-16)18(23)24-19(2,3)4/h5-6,8-9,16H,7,10-13H2,1-4H3,(H,20,22)/t16-/m0/s1. The molecule has 5 nitrogen and oxygen atoms in total. The number of amides is 2. The lowest BCUT2D eigenvalue weighted by molar-refractivity contribution is -0.126. The van der Waals surface area contributed by atoms with E-state index in [1.54, 1.807) is 4.90 Å². The Hall–Kier alpha value is -2.04. The molecule has 1 fully saturated rings. The van der Waals surface area contributed by atoms with Crippen molar-refractivity contribution in [1.29, 1.82) is 0 Å². The van der Waals surface area contributed by atoms with E-state index in [-0.39, 0.29) is 17.9 Å². The minimum Gasteiger partial charge on any atom is -0.444 e. The zero-order chi connectivity index (χ0) is 17.7. The fourth-order valence-electron chi connectivity index (χ4n) is 2.82. The van der Waals surface area contributed by atoms with Gasteiger partial charge in [0.15, 0.2) is 0 Å². The van der Waals surface area contributed by atoms with Gasteiger partial charge in [-0.3, -0.25) is 4.79 Å². The smallest absolute Gasteiger partial charge is 0.410 e. The average molecular weight is 332 g/mol. The number of hydrogen-bond donors (Lipinski definition) is 1. The average Bonchev–Trinajstić information content (AvgIpc) is 2.52. The van der Waals surface area contributed by atoms with E-state index in [2.05, 4.69) is 5.32 Å². The van der Waals surface area contributed by atoms with Gasteiger partial charge >= 0.3 is 6.09 Å². The summed E-state index contributed by atoms with van der Waals surface area (Å²) in [6.07, 6.45) is 1.29. The highest BCUT2D eigenvalue weighted by Gasteiger charge is 2.30. The number of carbonyl (C=O) groups excluding carboxylic acids is 2. The highest BCUT2D eigenvalue weighted by atomic mass is 16.6. The summed E-state index contributed by atoms with van der Waals surface area (Å²) in [7, 11) is 0. The molecule has 0 radical (unpaired) electrons. The lowest BCUT2D eigenvalue weighted by Gasteiger charge is -2.33. The minimum atomic E-state index is -0.517. The van der Waals surface area contributed by atoms with E-state index < -0.39 is 5.60 Å². The summed E-state index contributed by atoms with van der Waals surface area (Å²) >= 11 is 0. The molecule has 1 aromatic rings. The van der Waals surface area contributed by atoms with Crippen molar-refractivity contribution in [1.82, 2.24) is 10.2 Å². The maximum atomic E-state index is 12.4. The molecule has 0 bridgehead atoms. The van der Waals surface area contributed by atoms with Gasteiger partial charge in [0.25, 0.3) is 0 Å². The summed E-state index contributed by atoms with van der Waals surface area (Å²) < 4.78 is 5.41. The number of aryl methyl sites for hydroxylation is 1. The second-order valence-electron chi connectivity index (χ2n) is 7.41. The molecule has 5 heteroatoms. The molecule has 1 aliphatic rings. The lowest BCUT2D eigenvalue weighted by atomic mass is 9.97. The Balaban J connectivity index is 1.88. The maximum Gasteiger partial charge on any atom is 0.410 e. The first-order valence-corrected chi connectivity index (χ1v) is 8.56. The number of ether oxygens (including phenoxy) is 1. The van der Waals surface area contributed by atoms with Crippen molar-refractivity contribution < 1.29 is 14.3 Å². The number of rotatable bonds is 3. The molecule has 1 heterocycles. The third kappa shape index (κ3) is 5.25. The minimum absolute atomic E-state index is 0.00603. The second-order valence-corrected chi connectivity index (χ2v) is 7.41. The van der Waals surface area contributed by atoms with Gasteiger partial charge in [-0.25, -0.2) is 4.79 Å². The van der Waals surface area contributed by atoms with Crippen LogP contribution in [0.25, 0.3) is 0 Å². The predicted octanol–water partition coefficient (Wildman–Crippen LogP) is 3.26. The molecule has 2 rings (SSSR count). The quantitative estimate of drug-likeness (QED) is 0.924. The van der Waals surface area contributed by atoms with Crippen LogP contribution in [0.4, 0.5) is 4.79 Å². The van der Waals surface area contributed by atoms with Crippen molar-refractivity contribution >= 4 is 12.0 Å². The van der Waals surface area contributed by atoms with E-state index in [0.717, 1.165) is 24.0 Å². The van der Waals surface area contributed by atoms with Crippen molar-refractivity contribution in [3.05, 3.63) is 35.4 Å². The Labute approximate surface area is 144 Å². The van der Waals surface area contributed by atoms with Crippen LogP contribution in [0.3, 0.4) is 0 Å². The first-order valence-electron chi connectivity index (χ1n) is 8.56. The van der Waals surface area contributed by atoms with Crippen LogP contribution < -0.4 is 5.32 Å². The predicted molar refractivity (Wildman–Crippen MR) is 93.6 cm³/mol. The number of nitrogens with one attached hydrogen (secondary N) is 1. The van der Waals surface area contributed by atoms with Gasteiger partial charge in [0.05, 0.1) is 5.92 Å². The van der Waals surface area contributed by atoms with E-state index in [1.807, 2.05) is 52.0 Å². The van der Waals surface area contributed by atoms with Crippen LogP contribution in [0.15, 0.2) is 24.3 Å². The molecule has 24 heavy (non-hydrogen) atoms. The third-order valence-corrected chi connectivity index (χ3v) is 4.16. The normalized spacial score (nSPS) is 18.2. The van der Waals surface area contributed by atoms with E-state index in [4.69, 9.17) is 4.74 Å². The van der Waals surface area contributed by atoms with E-state index in [9.17, 15) is 9.59 Å². The van der Waals surface area contributed by atoms with Gasteiger partial charge in [-0.2, -0.15) is 0 Å². The monoisotopic (exact) mass is 332 g/mol. The van der Waals surface area contributed by atoms with Crippen molar-refractivity contribution in [2.75, 3.05) is 13.1 Å². The third-order valence-electron chi connectivity index (χ3n) is 4.16. The van der Waals surface area contributed by atoms with E-state index in [1.165, 1.54) is 0 Å². The SMILES string of the molecule is Cc1ccccc1CNC(=O)[C@H]1CCCN(C(=O)OC(C)(C)C)C1. The summed E-state index contributed by atoms with van der Waals surface area (Å²) in [4.78, 5) is 26.3. The van der Waals surface area contributed by atoms with Crippen molar-refractivity contribution in [2.24, 2.45) is 5.92 Å². The van der Waals surface area contributed by atoms with E-state index in [0.29, 0.717) is 19.6 Å². The Morgan fingerprint density at radius 1 is 1.29 bits per heavy atom. The first kappa shape index (κ1) is 18.3. The molecule has 1 saturated heterocycles. The van der Waals surface area contributed by atoms with Crippen molar-refractivity contribution in [3.63, 3.8) is 0 Å². The molecule has 1 aromatic carbocycles. The van der Waals surface area contributed by atoms with Gasteiger partial charge < -0.3 is 15.0 Å². The first-order chi connectivity index (χ1) is 11.3. The van der Waals surface area contributed by atoms with Gasteiger partial charge in [-0.15, -0.1) is 0 Å². The van der Waals surface area contributed by atoms with Gasteiger partial charge in [0.1, 0.15) is 5.60 Å². The van der Waals surface area contributed by atoms with Gasteiger partial charge in [-0.05, 0) is 51.7 Å². The highest BCUT2D eigenvalue weighted by Crippen LogP contribution is 2.20. The van der Waals surface area contributed by atoms with Crippen LogP contribution in [0, 0.1) is 12.8 Å². The molecule has 0 saturated carbocycles. The summed E-state index contributed by atoms with van der Waals surface area (Å²) in [5.41, 5.74) is 1.76. The number of nitrogens with zero attached hydrogens (tertiary/aromatic N) is 1. The summed E-state index contributed by atoms with van der Waals surface area (Å²) in [6, 6.07) is 8.01. The topological polar surface area (TPSA) is 58.6 Å². The number of hydrogen-bond acceptors (Lipinski definition) is 3. The largest absolute Gasteiger partial charge is 0.444 e. The number of piperidine rings is 1. The molecule has 132 valence electrons. The highest BCUT2D eigenvalue weighted by molar-refractivity contribution is 5.80. The number of likely N-dealkylation sites (tertiary alicyclic amines) is 1. The van der Waals surface area contributed by atoms with Crippen molar-refractivity contribution in [2.45, 2.75) is 52.7 Å². The maximum absolute atomic E-state index is 12.4. The summed E-state index contributed by atoms with van der Waals surface area (Å²) in [6.45, 7) is 9.18.